The van der Waals surface area contributed by atoms with Gasteiger partial charge in [-0.05, 0) is 28.1 Å². The number of carbonyl (C=O) groups is 1. The average Bonchev–Trinajstić information content (AvgIpc) is 1.99. The van der Waals surface area contributed by atoms with Gasteiger partial charge in [-0.25, -0.2) is 9.18 Å². The molecule has 1 aromatic rings. The predicted octanol–water partition coefficient (Wildman–Crippen LogP) is 2.58. The van der Waals surface area contributed by atoms with Crippen molar-refractivity contribution in [3.8, 4) is 0 Å². The fraction of sp³-hybridized carbons (Fsp3) is 0. The summed E-state index contributed by atoms with van der Waals surface area (Å²) in [5, 5.41) is 8.51. The monoisotopic (exact) mass is 250 g/mol. The van der Waals surface area contributed by atoms with Gasteiger partial charge < -0.3 is 5.11 Å². The number of hydrogen-bond donors (Lipinski definition) is 2. The maximum Gasteiger partial charge on any atom is 0.335 e. The molecule has 0 aliphatic heterocycles. The lowest BCUT2D eigenvalue weighted by Crippen LogP contribution is -1.97. The molecule has 5 heteroatoms. The molecule has 0 radical (unpaired) electrons. The van der Waals surface area contributed by atoms with Crippen molar-refractivity contribution in [2.24, 2.45) is 0 Å². The highest BCUT2D eigenvalue weighted by atomic mass is 79.9. The number of carboxylic acid groups (broad SMARTS) is 1. The molecule has 64 valence electrons. The first-order chi connectivity index (χ1) is 5.52. The minimum atomic E-state index is -1.17. The molecule has 1 N–H and O–H groups in total. The second-order valence-electron chi connectivity index (χ2n) is 2.10. The Balaban J connectivity index is 3.31. The molecule has 1 aromatic carbocycles. The SMILES string of the molecule is O=C(O)c1cc(F)c(Br)c(S)c1. The smallest absolute Gasteiger partial charge is 0.335 e. The van der Waals surface area contributed by atoms with Gasteiger partial charge in [0.2, 0.25) is 0 Å². The van der Waals surface area contributed by atoms with Crippen LogP contribution in [0.15, 0.2) is 21.5 Å². The van der Waals surface area contributed by atoms with Crippen LogP contribution in [-0.2, 0) is 0 Å². The zero-order chi connectivity index (χ0) is 9.30. The zero-order valence-electron chi connectivity index (χ0n) is 5.71. The molecule has 0 atom stereocenters. The third-order valence-corrected chi connectivity index (χ3v) is 2.72. The molecule has 0 spiro atoms. The van der Waals surface area contributed by atoms with E-state index in [1.165, 1.54) is 6.07 Å². The Bertz CT molecular complexity index is 317. The largest absolute Gasteiger partial charge is 0.478 e. The van der Waals surface area contributed by atoms with Gasteiger partial charge in [-0.2, -0.15) is 0 Å². The van der Waals surface area contributed by atoms with Crippen molar-refractivity contribution in [3.63, 3.8) is 0 Å². The first-order valence-electron chi connectivity index (χ1n) is 2.93. The predicted molar refractivity (Wildman–Crippen MR) is 48.3 cm³/mol. The topological polar surface area (TPSA) is 37.3 Å². The number of thiol groups is 1. The molecular weight excluding hydrogens is 247 g/mol. The van der Waals surface area contributed by atoms with Crippen LogP contribution in [0.3, 0.4) is 0 Å². The van der Waals surface area contributed by atoms with Crippen LogP contribution in [-0.4, -0.2) is 11.1 Å². The first kappa shape index (κ1) is 9.54. The Kier molecular flexibility index (Phi) is 2.74. The van der Waals surface area contributed by atoms with Gasteiger partial charge in [0.1, 0.15) is 5.82 Å². The maximum absolute atomic E-state index is 12.8. The molecule has 0 amide bonds. The molecule has 0 aliphatic carbocycles. The second-order valence-corrected chi connectivity index (χ2v) is 3.37. The summed E-state index contributed by atoms with van der Waals surface area (Å²) in [5.74, 6) is -1.79. The zero-order valence-corrected chi connectivity index (χ0v) is 8.19. The summed E-state index contributed by atoms with van der Waals surface area (Å²) in [6, 6.07) is 2.21. The summed E-state index contributed by atoms with van der Waals surface area (Å²) < 4.78 is 13.0. The molecule has 0 heterocycles. The van der Waals surface area contributed by atoms with Crippen molar-refractivity contribution in [3.05, 3.63) is 28.0 Å². The highest BCUT2D eigenvalue weighted by molar-refractivity contribution is 9.10. The van der Waals surface area contributed by atoms with Crippen LogP contribution in [0.2, 0.25) is 0 Å². The summed E-state index contributed by atoms with van der Waals surface area (Å²) in [7, 11) is 0. The summed E-state index contributed by atoms with van der Waals surface area (Å²) in [6.07, 6.45) is 0. The molecule has 0 unspecified atom stereocenters. The number of benzene rings is 1. The second kappa shape index (κ2) is 3.45. The van der Waals surface area contributed by atoms with Crippen molar-refractivity contribution >= 4 is 34.5 Å². The van der Waals surface area contributed by atoms with Gasteiger partial charge in [-0.1, -0.05) is 0 Å². The number of hydrogen-bond acceptors (Lipinski definition) is 2. The van der Waals surface area contributed by atoms with E-state index in [0.717, 1.165) is 6.07 Å². The highest BCUT2D eigenvalue weighted by Gasteiger charge is 2.09. The molecule has 0 aromatic heterocycles. The number of rotatable bonds is 1. The lowest BCUT2D eigenvalue weighted by atomic mass is 10.2. The highest BCUT2D eigenvalue weighted by Crippen LogP contribution is 2.25. The molecule has 0 saturated heterocycles. The van der Waals surface area contributed by atoms with Crippen LogP contribution in [0.4, 0.5) is 4.39 Å². The lowest BCUT2D eigenvalue weighted by molar-refractivity contribution is 0.0696. The third kappa shape index (κ3) is 1.78. The van der Waals surface area contributed by atoms with Crippen LogP contribution in [0.25, 0.3) is 0 Å². The van der Waals surface area contributed by atoms with E-state index in [4.69, 9.17) is 5.11 Å². The van der Waals surface area contributed by atoms with Crippen molar-refractivity contribution < 1.29 is 14.3 Å². The summed E-state index contributed by atoms with van der Waals surface area (Å²) in [6.45, 7) is 0. The normalized spacial score (nSPS) is 9.92. The summed E-state index contributed by atoms with van der Waals surface area (Å²) >= 11 is 6.80. The average molecular weight is 251 g/mol. The van der Waals surface area contributed by atoms with Crippen LogP contribution >= 0.6 is 28.6 Å². The quantitative estimate of drug-likeness (QED) is 0.752. The summed E-state index contributed by atoms with van der Waals surface area (Å²) in [5.41, 5.74) is -0.110. The van der Waals surface area contributed by atoms with E-state index in [2.05, 4.69) is 28.6 Å². The molecule has 0 fully saturated rings. The molecule has 2 nitrogen and oxygen atoms in total. The van der Waals surface area contributed by atoms with E-state index < -0.39 is 11.8 Å². The fourth-order valence-electron chi connectivity index (χ4n) is 0.698. The number of aromatic carboxylic acids is 1. The van der Waals surface area contributed by atoms with Crippen molar-refractivity contribution in [2.75, 3.05) is 0 Å². The standard InChI is InChI=1S/C7H4BrFO2S/c8-6-4(9)1-3(7(10)11)2-5(6)12/h1-2,12H,(H,10,11). The lowest BCUT2D eigenvalue weighted by Gasteiger charge is -2.00. The van der Waals surface area contributed by atoms with Crippen LogP contribution in [0.5, 0.6) is 0 Å². The molecule has 1 rings (SSSR count). The van der Waals surface area contributed by atoms with Gasteiger partial charge in [0, 0.05) is 4.90 Å². The van der Waals surface area contributed by atoms with E-state index >= 15 is 0 Å². The van der Waals surface area contributed by atoms with Crippen LogP contribution < -0.4 is 0 Å². The van der Waals surface area contributed by atoms with Gasteiger partial charge in [0.25, 0.3) is 0 Å². The Hall–Kier alpha value is -0.550. The molecule has 12 heavy (non-hydrogen) atoms. The molecular formula is C7H4BrFO2S. The van der Waals surface area contributed by atoms with Crippen molar-refractivity contribution in [1.29, 1.82) is 0 Å². The van der Waals surface area contributed by atoms with E-state index in [-0.39, 0.29) is 14.9 Å². The van der Waals surface area contributed by atoms with E-state index in [1.54, 1.807) is 0 Å². The van der Waals surface area contributed by atoms with Crippen molar-refractivity contribution in [2.45, 2.75) is 4.90 Å². The van der Waals surface area contributed by atoms with Crippen LogP contribution in [0, 0.1) is 5.82 Å². The number of carboxylic acids is 1. The molecule has 0 bridgehead atoms. The first-order valence-corrected chi connectivity index (χ1v) is 4.17. The van der Waals surface area contributed by atoms with Crippen molar-refractivity contribution in [1.82, 2.24) is 0 Å². The van der Waals surface area contributed by atoms with Gasteiger partial charge in [-0.15, -0.1) is 12.6 Å². The van der Waals surface area contributed by atoms with Gasteiger partial charge >= 0.3 is 5.97 Å². The Morgan fingerprint density at radius 1 is 1.58 bits per heavy atom. The Morgan fingerprint density at radius 3 is 2.58 bits per heavy atom. The van der Waals surface area contributed by atoms with Gasteiger partial charge in [0.05, 0.1) is 10.0 Å². The Labute approximate surface area is 81.9 Å². The van der Waals surface area contributed by atoms with Crippen LogP contribution in [0.1, 0.15) is 10.4 Å². The minimum absolute atomic E-state index is 0.110. The van der Waals surface area contributed by atoms with Gasteiger partial charge in [-0.3, -0.25) is 0 Å². The minimum Gasteiger partial charge on any atom is -0.478 e. The molecule has 0 saturated carbocycles. The third-order valence-electron chi connectivity index (χ3n) is 1.26. The van der Waals surface area contributed by atoms with E-state index in [1.807, 2.05) is 0 Å². The summed E-state index contributed by atoms with van der Waals surface area (Å²) in [4.78, 5) is 10.7. The molecule has 0 aliphatic rings. The number of halogens is 2. The fourth-order valence-corrected chi connectivity index (χ4v) is 1.17. The maximum atomic E-state index is 12.8. The van der Waals surface area contributed by atoms with E-state index in [9.17, 15) is 9.18 Å². The Morgan fingerprint density at radius 2 is 2.17 bits per heavy atom. The van der Waals surface area contributed by atoms with Gasteiger partial charge in [0.15, 0.2) is 0 Å². The van der Waals surface area contributed by atoms with E-state index in [0.29, 0.717) is 0 Å².